The first-order valence-corrected chi connectivity index (χ1v) is 9.26. The van der Waals surface area contributed by atoms with Crippen molar-refractivity contribution in [2.24, 2.45) is 0 Å². The van der Waals surface area contributed by atoms with E-state index in [1.165, 1.54) is 5.56 Å². The fraction of sp³-hybridized carbons (Fsp3) is 0.0833. The molecule has 0 bridgehead atoms. The second-order valence-electron chi connectivity index (χ2n) is 5.97. The van der Waals surface area contributed by atoms with Gasteiger partial charge in [0.1, 0.15) is 5.82 Å². The van der Waals surface area contributed by atoms with Crippen molar-refractivity contribution in [3.8, 4) is 23.7 Å². The molecule has 0 aliphatic heterocycles. The molecular weight excluding hydrogens is 434 g/mol. The Kier molecular flexibility index (Phi) is 5.76. The zero-order valence-electron chi connectivity index (χ0n) is 14.5. The molecule has 0 saturated heterocycles. The van der Waals surface area contributed by atoms with Crippen LogP contribution in [0.1, 0.15) is 33.4 Å². The second kappa shape index (κ2) is 8.21. The molecule has 0 radical (unpaired) electrons. The van der Waals surface area contributed by atoms with Gasteiger partial charge in [-0.15, -0.1) is 0 Å². The van der Waals surface area contributed by atoms with Gasteiger partial charge in [0.05, 0.1) is 5.56 Å². The minimum Gasteiger partial charge on any atom is -0.205 e. The van der Waals surface area contributed by atoms with Crippen LogP contribution in [0.15, 0.2) is 60.7 Å². The molecule has 0 fully saturated rings. The molecule has 0 atom stereocenters. The van der Waals surface area contributed by atoms with Crippen molar-refractivity contribution in [2.75, 3.05) is 0 Å². The smallest absolute Gasteiger partial charge is 0.142 e. The van der Waals surface area contributed by atoms with E-state index in [0.717, 1.165) is 14.7 Å². The lowest BCUT2D eigenvalue weighted by atomic mass is 10.0. The van der Waals surface area contributed by atoms with E-state index in [4.69, 9.17) is 0 Å². The average Bonchev–Trinajstić information content (AvgIpc) is 2.65. The third-order valence-corrected chi connectivity index (χ3v) is 4.68. The van der Waals surface area contributed by atoms with Crippen LogP contribution < -0.4 is 0 Å². The molecule has 126 valence electrons. The van der Waals surface area contributed by atoms with Gasteiger partial charge in [-0.3, -0.25) is 0 Å². The van der Waals surface area contributed by atoms with Crippen LogP contribution in [0.25, 0.3) is 0 Å². The van der Waals surface area contributed by atoms with Gasteiger partial charge in [0.25, 0.3) is 0 Å². The number of rotatable bonds is 0. The molecule has 0 aliphatic rings. The van der Waals surface area contributed by atoms with E-state index in [-0.39, 0.29) is 5.82 Å². The van der Waals surface area contributed by atoms with E-state index in [1.807, 2.05) is 61.5 Å². The molecule has 3 rings (SSSR count). The van der Waals surface area contributed by atoms with Crippen LogP contribution in [-0.2, 0) is 0 Å². The fourth-order valence-corrected chi connectivity index (χ4v) is 2.73. The Balaban J connectivity index is 1.87. The molecule has 26 heavy (non-hydrogen) atoms. The predicted octanol–water partition coefficient (Wildman–Crippen LogP) is 5.85. The normalized spacial score (nSPS) is 9.69. The quantitative estimate of drug-likeness (QED) is 0.298. The first-order valence-electron chi connectivity index (χ1n) is 8.18. The molecule has 2 heteroatoms. The Bertz CT molecular complexity index is 965. The molecule has 0 aromatic heterocycles. The molecule has 0 heterocycles. The molecule has 0 aliphatic carbocycles. The van der Waals surface area contributed by atoms with E-state index in [0.29, 0.717) is 16.7 Å². The Morgan fingerprint density at radius 3 is 1.77 bits per heavy atom. The molecule has 0 N–H and O–H groups in total. The monoisotopic (exact) mass is 450 g/mol. The first-order chi connectivity index (χ1) is 12.5. The zero-order valence-corrected chi connectivity index (χ0v) is 16.7. The molecule has 0 amide bonds. The second-order valence-corrected chi connectivity index (χ2v) is 7.22. The van der Waals surface area contributed by atoms with E-state index >= 15 is 0 Å². The van der Waals surface area contributed by atoms with E-state index in [2.05, 4.69) is 46.3 Å². The summed E-state index contributed by atoms with van der Waals surface area (Å²) in [4.78, 5) is 0. The van der Waals surface area contributed by atoms with Crippen molar-refractivity contribution in [1.29, 1.82) is 0 Å². The number of hydrogen-bond acceptors (Lipinski definition) is 0. The van der Waals surface area contributed by atoms with Gasteiger partial charge in [-0.1, -0.05) is 41.4 Å². The number of hydrogen-bond donors (Lipinski definition) is 0. The lowest BCUT2D eigenvalue weighted by Crippen LogP contribution is -1.93. The molecule has 3 aromatic carbocycles. The summed E-state index contributed by atoms with van der Waals surface area (Å²) in [7, 11) is 0. The summed E-state index contributed by atoms with van der Waals surface area (Å²) in [5.74, 6) is 11.8. The van der Waals surface area contributed by atoms with Gasteiger partial charge in [0, 0.05) is 25.8 Å². The highest BCUT2D eigenvalue weighted by atomic mass is 127. The van der Waals surface area contributed by atoms with Gasteiger partial charge in [-0.2, -0.15) is 0 Å². The van der Waals surface area contributed by atoms with Gasteiger partial charge >= 0.3 is 0 Å². The van der Waals surface area contributed by atoms with Crippen molar-refractivity contribution in [3.63, 3.8) is 0 Å². The van der Waals surface area contributed by atoms with Crippen molar-refractivity contribution in [1.82, 2.24) is 0 Å². The zero-order chi connectivity index (χ0) is 18.5. The Morgan fingerprint density at radius 2 is 1.15 bits per heavy atom. The lowest BCUT2D eigenvalue weighted by Gasteiger charge is -2.02. The summed E-state index contributed by atoms with van der Waals surface area (Å²) in [6, 6.07) is 19.3. The summed E-state index contributed by atoms with van der Waals surface area (Å²) >= 11 is 2.25. The summed E-state index contributed by atoms with van der Waals surface area (Å²) in [5, 5.41) is 0. The minimum atomic E-state index is -0.306. The maximum atomic E-state index is 14.6. The van der Waals surface area contributed by atoms with E-state index < -0.39 is 0 Å². The van der Waals surface area contributed by atoms with Gasteiger partial charge in [0.15, 0.2) is 0 Å². The molecule has 0 nitrogen and oxygen atoms in total. The van der Waals surface area contributed by atoms with Crippen LogP contribution in [0.4, 0.5) is 4.39 Å². The van der Waals surface area contributed by atoms with Crippen LogP contribution in [0, 0.1) is 46.9 Å². The van der Waals surface area contributed by atoms with Crippen molar-refractivity contribution < 1.29 is 4.39 Å². The minimum absolute atomic E-state index is 0.306. The maximum absolute atomic E-state index is 14.6. The molecule has 3 aromatic rings. The molecule has 0 unspecified atom stereocenters. The predicted molar refractivity (Wildman–Crippen MR) is 113 cm³/mol. The summed E-state index contributed by atoms with van der Waals surface area (Å²) < 4.78 is 15.8. The third-order valence-electron chi connectivity index (χ3n) is 3.97. The fourth-order valence-electron chi connectivity index (χ4n) is 2.37. The third kappa shape index (κ3) is 4.54. The molecule has 0 spiro atoms. The topological polar surface area (TPSA) is 0 Å². The van der Waals surface area contributed by atoms with Crippen molar-refractivity contribution in [2.45, 2.75) is 13.8 Å². The Morgan fingerprint density at radius 1 is 0.654 bits per heavy atom. The van der Waals surface area contributed by atoms with Crippen LogP contribution in [0.3, 0.4) is 0 Å². The van der Waals surface area contributed by atoms with Gasteiger partial charge in [-0.25, -0.2) is 4.39 Å². The first kappa shape index (κ1) is 18.2. The van der Waals surface area contributed by atoms with Crippen LogP contribution in [0.2, 0.25) is 0 Å². The maximum Gasteiger partial charge on any atom is 0.142 e. The standard InChI is InChI=1S/C24H16FI/c1-17-3-5-19(6-4-17)8-12-22-14-13-21(18(2)24(22)25)11-7-20-9-15-23(26)16-10-20/h3-6,9-10,13-16H,1-2H3. The summed E-state index contributed by atoms with van der Waals surface area (Å²) in [6.45, 7) is 3.76. The largest absolute Gasteiger partial charge is 0.205 e. The van der Waals surface area contributed by atoms with Crippen LogP contribution in [0.5, 0.6) is 0 Å². The molecule has 0 saturated carbocycles. The lowest BCUT2D eigenvalue weighted by molar-refractivity contribution is 0.614. The number of aryl methyl sites for hydroxylation is 1. The molecular formula is C24H16FI. The van der Waals surface area contributed by atoms with E-state index in [1.54, 1.807) is 13.0 Å². The van der Waals surface area contributed by atoms with Crippen molar-refractivity contribution in [3.05, 3.63) is 103 Å². The number of benzene rings is 3. The van der Waals surface area contributed by atoms with Crippen molar-refractivity contribution >= 4 is 22.6 Å². The Hall–Kier alpha value is -2.56. The summed E-state index contributed by atoms with van der Waals surface area (Å²) in [5.41, 5.74) is 4.56. The highest BCUT2D eigenvalue weighted by molar-refractivity contribution is 14.1. The van der Waals surface area contributed by atoms with Crippen LogP contribution >= 0.6 is 22.6 Å². The number of halogens is 2. The van der Waals surface area contributed by atoms with Gasteiger partial charge < -0.3 is 0 Å². The van der Waals surface area contributed by atoms with Gasteiger partial charge in [0.2, 0.25) is 0 Å². The van der Waals surface area contributed by atoms with Crippen LogP contribution in [-0.4, -0.2) is 0 Å². The summed E-state index contributed by atoms with van der Waals surface area (Å²) in [6.07, 6.45) is 0. The highest BCUT2D eigenvalue weighted by Gasteiger charge is 2.06. The highest BCUT2D eigenvalue weighted by Crippen LogP contribution is 2.16. The average molecular weight is 450 g/mol. The SMILES string of the molecule is Cc1ccc(C#Cc2ccc(C#Cc3ccc(I)cc3)c(C)c2F)cc1. The van der Waals surface area contributed by atoms with E-state index in [9.17, 15) is 4.39 Å². The van der Waals surface area contributed by atoms with Gasteiger partial charge in [-0.05, 0) is 85.0 Å². The Labute approximate surface area is 167 Å².